The maximum atomic E-state index is 13.1. The number of aromatic nitrogens is 2. The summed E-state index contributed by atoms with van der Waals surface area (Å²) in [7, 11) is 0. The van der Waals surface area contributed by atoms with Gasteiger partial charge in [-0.05, 0) is 35.9 Å². The van der Waals surface area contributed by atoms with E-state index in [1.54, 1.807) is 22.0 Å². The molecule has 2 heterocycles. The molecule has 0 saturated heterocycles. The van der Waals surface area contributed by atoms with Gasteiger partial charge in [-0.15, -0.1) is 0 Å². The van der Waals surface area contributed by atoms with Crippen molar-refractivity contribution in [3.8, 4) is 5.69 Å². The molecule has 0 spiro atoms. The molecule has 0 radical (unpaired) electrons. The molecule has 4 aromatic rings. The van der Waals surface area contributed by atoms with Crippen molar-refractivity contribution < 1.29 is 9.21 Å². The zero-order chi connectivity index (χ0) is 19.2. The Morgan fingerprint density at radius 2 is 1.79 bits per heavy atom. The van der Waals surface area contributed by atoms with Gasteiger partial charge in [-0.25, -0.2) is 9.48 Å². The molecule has 2 aromatic heterocycles. The van der Waals surface area contributed by atoms with E-state index in [0.717, 1.165) is 17.0 Å². The Kier molecular flexibility index (Phi) is 5.20. The number of carbonyl (C=O) groups is 1. The molecule has 4 rings (SSSR count). The first kappa shape index (κ1) is 17.6. The summed E-state index contributed by atoms with van der Waals surface area (Å²) in [4.78, 5) is 14.8. The number of furan rings is 1. The molecule has 0 aliphatic carbocycles. The number of anilines is 1. The van der Waals surface area contributed by atoms with E-state index in [1.807, 2.05) is 79.0 Å². The van der Waals surface area contributed by atoms with Crippen LogP contribution >= 0.6 is 0 Å². The third-order valence-corrected chi connectivity index (χ3v) is 4.33. The van der Waals surface area contributed by atoms with Gasteiger partial charge in [0.15, 0.2) is 0 Å². The molecule has 140 valence electrons. The van der Waals surface area contributed by atoms with Crippen molar-refractivity contribution in [3.63, 3.8) is 0 Å². The minimum absolute atomic E-state index is 0.208. The fourth-order valence-corrected chi connectivity index (χ4v) is 2.98. The molecule has 2 amide bonds. The van der Waals surface area contributed by atoms with Crippen LogP contribution in [0.5, 0.6) is 0 Å². The van der Waals surface area contributed by atoms with E-state index >= 15 is 0 Å². The number of nitrogens with zero attached hydrogens (tertiary/aromatic N) is 3. The van der Waals surface area contributed by atoms with Crippen LogP contribution in [0.25, 0.3) is 5.69 Å². The van der Waals surface area contributed by atoms with Crippen LogP contribution in [0.4, 0.5) is 10.5 Å². The Hall–Kier alpha value is -3.80. The molecular formula is C22H20N4O2. The minimum atomic E-state index is -0.208. The second kappa shape index (κ2) is 8.26. The van der Waals surface area contributed by atoms with Crippen molar-refractivity contribution in [2.75, 3.05) is 5.32 Å². The SMILES string of the molecule is O=C(Nc1ccccc1-n1cccn1)N(Cc1ccccc1)Cc1ccco1. The Bertz CT molecular complexity index is 1010. The van der Waals surface area contributed by atoms with Crippen LogP contribution in [0.2, 0.25) is 0 Å². The summed E-state index contributed by atoms with van der Waals surface area (Å²) < 4.78 is 7.17. The molecular weight excluding hydrogens is 352 g/mol. The quantitative estimate of drug-likeness (QED) is 0.534. The van der Waals surface area contributed by atoms with Gasteiger partial charge in [0.25, 0.3) is 0 Å². The number of nitrogens with one attached hydrogen (secondary N) is 1. The summed E-state index contributed by atoms with van der Waals surface area (Å²) in [6.45, 7) is 0.842. The van der Waals surface area contributed by atoms with Gasteiger partial charge in [0, 0.05) is 18.9 Å². The summed E-state index contributed by atoms with van der Waals surface area (Å²) in [5.74, 6) is 0.728. The number of benzene rings is 2. The first-order chi connectivity index (χ1) is 13.8. The predicted molar refractivity (Wildman–Crippen MR) is 107 cm³/mol. The topological polar surface area (TPSA) is 63.3 Å². The van der Waals surface area contributed by atoms with Gasteiger partial charge >= 0.3 is 6.03 Å². The summed E-state index contributed by atoms with van der Waals surface area (Å²) in [6, 6.07) is 22.8. The summed E-state index contributed by atoms with van der Waals surface area (Å²) in [6.07, 6.45) is 5.16. The van der Waals surface area contributed by atoms with Crippen LogP contribution in [-0.4, -0.2) is 20.7 Å². The summed E-state index contributed by atoms with van der Waals surface area (Å²) in [5, 5.41) is 7.28. The molecule has 0 aliphatic rings. The monoisotopic (exact) mass is 372 g/mol. The standard InChI is InChI=1S/C22H20N4O2/c27-22(24-20-11-4-5-12-21(20)26-14-7-13-23-26)25(17-19-10-6-15-28-19)16-18-8-2-1-3-9-18/h1-15H,16-17H2,(H,24,27). The van der Waals surface area contributed by atoms with Crippen molar-refractivity contribution in [1.82, 2.24) is 14.7 Å². The number of amides is 2. The predicted octanol–water partition coefficient (Wildman–Crippen LogP) is 4.70. The maximum absolute atomic E-state index is 13.1. The Balaban J connectivity index is 1.57. The minimum Gasteiger partial charge on any atom is -0.467 e. The van der Waals surface area contributed by atoms with E-state index < -0.39 is 0 Å². The number of urea groups is 1. The number of para-hydroxylation sites is 2. The van der Waals surface area contributed by atoms with Gasteiger partial charge in [0.05, 0.1) is 24.2 Å². The fraction of sp³-hybridized carbons (Fsp3) is 0.0909. The van der Waals surface area contributed by atoms with Crippen molar-refractivity contribution in [3.05, 3.63) is 103 Å². The molecule has 28 heavy (non-hydrogen) atoms. The van der Waals surface area contributed by atoms with E-state index in [9.17, 15) is 4.79 Å². The van der Waals surface area contributed by atoms with Gasteiger partial charge in [0.1, 0.15) is 5.76 Å². The molecule has 0 bridgehead atoms. The van der Waals surface area contributed by atoms with E-state index in [-0.39, 0.29) is 6.03 Å². The zero-order valence-electron chi connectivity index (χ0n) is 15.2. The largest absolute Gasteiger partial charge is 0.467 e. The smallest absolute Gasteiger partial charge is 0.322 e. The first-order valence-corrected chi connectivity index (χ1v) is 9.01. The second-order valence-electron chi connectivity index (χ2n) is 6.32. The highest BCUT2D eigenvalue weighted by atomic mass is 16.3. The number of hydrogen-bond donors (Lipinski definition) is 1. The molecule has 0 unspecified atom stereocenters. The van der Waals surface area contributed by atoms with E-state index in [1.165, 1.54) is 0 Å². The van der Waals surface area contributed by atoms with Crippen molar-refractivity contribution >= 4 is 11.7 Å². The highest BCUT2D eigenvalue weighted by Gasteiger charge is 2.18. The summed E-state index contributed by atoms with van der Waals surface area (Å²) >= 11 is 0. The lowest BCUT2D eigenvalue weighted by molar-refractivity contribution is 0.201. The lowest BCUT2D eigenvalue weighted by Crippen LogP contribution is -2.34. The molecule has 0 saturated carbocycles. The van der Waals surface area contributed by atoms with Crippen molar-refractivity contribution in [1.29, 1.82) is 0 Å². The highest BCUT2D eigenvalue weighted by Crippen LogP contribution is 2.20. The van der Waals surface area contributed by atoms with Crippen LogP contribution in [0.15, 0.2) is 95.9 Å². The summed E-state index contributed by atoms with van der Waals surface area (Å²) in [5.41, 5.74) is 2.54. The van der Waals surface area contributed by atoms with Crippen LogP contribution in [0.3, 0.4) is 0 Å². The number of hydrogen-bond acceptors (Lipinski definition) is 3. The Morgan fingerprint density at radius 3 is 2.54 bits per heavy atom. The second-order valence-corrected chi connectivity index (χ2v) is 6.32. The Morgan fingerprint density at radius 1 is 0.964 bits per heavy atom. The van der Waals surface area contributed by atoms with E-state index in [0.29, 0.717) is 18.8 Å². The van der Waals surface area contributed by atoms with Crippen LogP contribution in [-0.2, 0) is 13.1 Å². The number of rotatable bonds is 6. The molecule has 1 N–H and O–H groups in total. The van der Waals surface area contributed by atoms with Crippen molar-refractivity contribution in [2.45, 2.75) is 13.1 Å². The van der Waals surface area contributed by atoms with Gasteiger partial charge in [-0.1, -0.05) is 42.5 Å². The van der Waals surface area contributed by atoms with Gasteiger partial charge in [0.2, 0.25) is 0 Å². The molecule has 0 aliphatic heterocycles. The zero-order valence-corrected chi connectivity index (χ0v) is 15.2. The lowest BCUT2D eigenvalue weighted by atomic mass is 10.2. The molecule has 2 aromatic carbocycles. The maximum Gasteiger partial charge on any atom is 0.322 e. The van der Waals surface area contributed by atoms with Crippen LogP contribution in [0, 0.1) is 0 Å². The number of carbonyl (C=O) groups excluding carboxylic acids is 1. The fourth-order valence-electron chi connectivity index (χ4n) is 2.98. The third-order valence-electron chi connectivity index (χ3n) is 4.33. The molecule has 6 nitrogen and oxygen atoms in total. The molecule has 0 atom stereocenters. The van der Waals surface area contributed by atoms with Crippen LogP contribution < -0.4 is 5.32 Å². The van der Waals surface area contributed by atoms with Crippen LogP contribution in [0.1, 0.15) is 11.3 Å². The normalized spacial score (nSPS) is 10.6. The van der Waals surface area contributed by atoms with Crippen molar-refractivity contribution in [2.24, 2.45) is 0 Å². The molecule has 0 fully saturated rings. The Labute approximate surface area is 163 Å². The van der Waals surface area contributed by atoms with E-state index in [4.69, 9.17) is 4.42 Å². The highest BCUT2D eigenvalue weighted by molar-refractivity contribution is 5.91. The van der Waals surface area contributed by atoms with Gasteiger partial charge < -0.3 is 14.6 Å². The first-order valence-electron chi connectivity index (χ1n) is 9.01. The lowest BCUT2D eigenvalue weighted by Gasteiger charge is -2.23. The molecule has 6 heteroatoms. The average molecular weight is 372 g/mol. The third kappa shape index (κ3) is 4.12. The van der Waals surface area contributed by atoms with Gasteiger partial charge in [-0.3, -0.25) is 0 Å². The van der Waals surface area contributed by atoms with E-state index in [2.05, 4.69) is 10.4 Å². The average Bonchev–Trinajstić information content (AvgIpc) is 3.43. The van der Waals surface area contributed by atoms with Gasteiger partial charge in [-0.2, -0.15) is 5.10 Å².